The predicted octanol–water partition coefficient (Wildman–Crippen LogP) is 0.915. The average molecular weight is 338 g/mol. The van der Waals surface area contributed by atoms with Crippen LogP contribution in [-0.4, -0.2) is 38.7 Å². The summed E-state index contributed by atoms with van der Waals surface area (Å²) in [5.74, 6) is -0.155. The zero-order valence-corrected chi connectivity index (χ0v) is 14.7. The van der Waals surface area contributed by atoms with Crippen LogP contribution in [0.4, 0.5) is 0 Å². The van der Waals surface area contributed by atoms with E-state index in [9.17, 15) is 13.2 Å². The standard InChI is InChI=1S/C13H27N3O3S2/c1-4-7-13(8-5-2,11(14)20)12(17)15-9-6-10-16-21(3,18)19/h16H,4-10H2,1-3H3,(H2,14,20)(H,15,17). The number of sulfonamides is 1. The Bertz CT molecular complexity index is 444. The van der Waals surface area contributed by atoms with Gasteiger partial charge < -0.3 is 11.1 Å². The van der Waals surface area contributed by atoms with Gasteiger partial charge in [-0.25, -0.2) is 13.1 Å². The number of hydrogen-bond acceptors (Lipinski definition) is 4. The smallest absolute Gasteiger partial charge is 0.233 e. The highest BCUT2D eigenvalue weighted by molar-refractivity contribution is 7.88. The maximum atomic E-state index is 12.4. The van der Waals surface area contributed by atoms with E-state index in [4.69, 9.17) is 18.0 Å². The van der Waals surface area contributed by atoms with Crippen LogP contribution >= 0.6 is 12.2 Å². The fraction of sp³-hybridized carbons (Fsp3) is 0.846. The van der Waals surface area contributed by atoms with E-state index in [1.165, 1.54) is 0 Å². The second-order valence-corrected chi connectivity index (χ2v) is 7.50. The zero-order valence-electron chi connectivity index (χ0n) is 13.1. The van der Waals surface area contributed by atoms with Crippen molar-refractivity contribution in [2.45, 2.75) is 46.0 Å². The van der Waals surface area contributed by atoms with E-state index in [1.807, 2.05) is 13.8 Å². The molecule has 0 spiro atoms. The largest absolute Gasteiger partial charge is 0.392 e. The van der Waals surface area contributed by atoms with Crippen LogP contribution in [0.5, 0.6) is 0 Å². The third-order valence-corrected chi connectivity index (χ3v) is 4.38. The second-order valence-electron chi connectivity index (χ2n) is 5.22. The molecule has 124 valence electrons. The normalized spacial score (nSPS) is 12.1. The Hall–Kier alpha value is -0.730. The Labute approximate surface area is 133 Å². The van der Waals surface area contributed by atoms with E-state index in [1.54, 1.807) is 0 Å². The quantitative estimate of drug-likeness (QED) is 0.384. The Morgan fingerprint density at radius 2 is 1.71 bits per heavy atom. The van der Waals surface area contributed by atoms with Gasteiger partial charge >= 0.3 is 0 Å². The molecule has 0 aliphatic heterocycles. The van der Waals surface area contributed by atoms with Crippen LogP contribution < -0.4 is 15.8 Å². The summed E-state index contributed by atoms with van der Waals surface area (Å²) in [6.07, 6.45) is 4.52. The van der Waals surface area contributed by atoms with Crippen molar-refractivity contribution in [2.24, 2.45) is 11.1 Å². The molecule has 0 radical (unpaired) electrons. The number of thiocarbonyl (C=S) groups is 1. The molecule has 0 aliphatic rings. The van der Waals surface area contributed by atoms with Crippen molar-refractivity contribution in [3.05, 3.63) is 0 Å². The maximum absolute atomic E-state index is 12.4. The van der Waals surface area contributed by atoms with Crippen molar-refractivity contribution in [2.75, 3.05) is 19.3 Å². The summed E-state index contributed by atoms with van der Waals surface area (Å²) < 4.78 is 24.2. The first-order valence-electron chi connectivity index (χ1n) is 7.22. The molecule has 0 unspecified atom stereocenters. The van der Waals surface area contributed by atoms with Gasteiger partial charge in [-0.15, -0.1) is 0 Å². The molecule has 0 aromatic heterocycles. The topological polar surface area (TPSA) is 101 Å². The zero-order chi connectivity index (χ0) is 16.5. The molecule has 0 aromatic carbocycles. The molecule has 6 nitrogen and oxygen atoms in total. The Kier molecular flexibility index (Phi) is 9.00. The number of hydrogen-bond donors (Lipinski definition) is 3. The molecule has 0 aromatic rings. The Morgan fingerprint density at radius 3 is 2.10 bits per heavy atom. The highest BCUT2D eigenvalue weighted by Crippen LogP contribution is 2.30. The number of carbonyl (C=O) groups is 1. The van der Waals surface area contributed by atoms with Gasteiger partial charge in [0.2, 0.25) is 15.9 Å². The molecule has 0 aliphatic carbocycles. The highest BCUT2D eigenvalue weighted by atomic mass is 32.2. The SMILES string of the molecule is CCCC(CCC)(C(=O)NCCCNS(C)(=O)=O)C(N)=S. The van der Waals surface area contributed by atoms with Gasteiger partial charge in [0.05, 0.1) is 16.7 Å². The van der Waals surface area contributed by atoms with E-state index < -0.39 is 15.4 Å². The van der Waals surface area contributed by atoms with E-state index in [2.05, 4.69) is 10.0 Å². The molecule has 0 rings (SSSR count). The minimum absolute atomic E-state index is 0.155. The van der Waals surface area contributed by atoms with Crippen LogP contribution in [0.25, 0.3) is 0 Å². The lowest BCUT2D eigenvalue weighted by Gasteiger charge is -2.31. The fourth-order valence-electron chi connectivity index (χ4n) is 2.28. The molecular weight excluding hydrogens is 310 g/mol. The molecule has 0 saturated heterocycles. The van der Waals surface area contributed by atoms with Crippen molar-refractivity contribution < 1.29 is 13.2 Å². The first-order valence-corrected chi connectivity index (χ1v) is 9.52. The van der Waals surface area contributed by atoms with Gasteiger partial charge in [0, 0.05) is 13.1 Å². The van der Waals surface area contributed by atoms with Gasteiger partial charge in [0.1, 0.15) is 0 Å². The predicted molar refractivity (Wildman–Crippen MR) is 89.5 cm³/mol. The van der Waals surface area contributed by atoms with E-state index >= 15 is 0 Å². The fourth-order valence-corrected chi connectivity index (χ4v) is 3.09. The summed E-state index contributed by atoms with van der Waals surface area (Å²) in [5, 5.41) is 2.82. The minimum Gasteiger partial charge on any atom is -0.392 e. The molecule has 0 heterocycles. The van der Waals surface area contributed by atoms with Crippen molar-refractivity contribution >= 4 is 33.1 Å². The first-order chi connectivity index (χ1) is 9.69. The first kappa shape index (κ1) is 20.3. The van der Waals surface area contributed by atoms with Gasteiger partial charge in [0.25, 0.3) is 0 Å². The van der Waals surface area contributed by atoms with Gasteiger partial charge in [-0.05, 0) is 19.3 Å². The highest BCUT2D eigenvalue weighted by Gasteiger charge is 2.39. The van der Waals surface area contributed by atoms with Crippen LogP contribution in [-0.2, 0) is 14.8 Å². The summed E-state index contributed by atoms with van der Waals surface area (Å²) in [7, 11) is -3.19. The second kappa shape index (κ2) is 9.32. The third kappa shape index (κ3) is 7.19. The number of nitrogens with two attached hydrogens (primary N) is 1. The van der Waals surface area contributed by atoms with Crippen molar-refractivity contribution in [1.82, 2.24) is 10.0 Å². The molecule has 0 bridgehead atoms. The van der Waals surface area contributed by atoms with Gasteiger partial charge in [-0.1, -0.05) is 38.9 Å². The molecule has 0 atom stereocenters. The maximum Gasteiger partial charge on any atom is 0.233 e. The summed E-state index contributed by atoms with van der Waals surface area (Å²) >= 11 is 5.11. The van der Waals surface area contributed by atoms with Gasteiger partial charge in [-0.2, -0.15) is 0 Å². The summed E-state index contributed by atoms with van der Waals surface area (Å²) in [5.41, 5.74) is 5.02. The molecule has 21 heavy (non-hydrogen) atoms. The molecule has 1 amide bonds. The summed E-state index contributed by atoms with van der Waals surface area (Å²) in [6, 6.07) is 0. The van der Waals surface area contributed by atoms with Crippen LogP contribution in [0, 0.1) is 5.41 Å². The van der Waals surface area contributed by atoms with Crippen molar-refractivity contribution in [3.8, 4) is 0 Å². The molecule has 0 saturated carbocycles. The lowest BCUT2D eigenvalue weighted by Crippen LogP contribution is -2.49. The van der Waals surface area contributed by atoms with Gasteiger partial charge in [0.15, 0.2) is 0 Å². The Morgan fingerprint density at radius 1 is 1.19 bits per heavy atom. The molecular formula is C13H27N3O3S2. The third-order valence-electron chi connectivity index (χ3n) is 3.26. The lowest BCUT2D eigenvalue weighted by molar-refractivity contribution is -0.128. The lowest BCUT2D eigenvalue weighted by atomic mass is 9.78. The van der Waals surface area contributed by atoms with Crippen molar-refractivity contribution in [3.63, 3.8) is 0 Å². The van der Waals surface area contributed by atoms with Crippen LogP contribution in [0.1, 0.15) is 46.0 Å². The Balaban J connectivity index is 4.51. The number of carbonyl (C=O) groups excluding carboxylic acids is 1. The molecule has 4 N–H and O–H groups in total. The molecule has 0 fully saturated rings. The number of nitrogens with one attached hydrogen (secondary N) is 2. The average Bonchev–Trinajstić information content (AvgIpc) is 2.36. The van der Waals surface area contributed by atoms with Gasteiger partial charge in [-0.3, -0.25) is 4.79 Å². The number of rotatable bonds is 11. The van der Waals surface area contributed by atoms with Crippen molar-refractivity contribution in [1.29, 1.82) is 0 Å². The van der Waals surface area contributed by atoms with Crippen LogP contribution in [0.3, 0.4) is 0 Å². The minimum atomic E-state index is -3.19. The molecule has 8 heteroatoms. The van der Waals surface area contributed by atoms with E-state index in [0.29, 0.717) is 32.4 Å². The number of amides is 1. The van der Waals surface area contributed by atoms with E-state index in [0.717, 1.165) is 19.1 Å². The summed E-state index contributed by atoms with van der Waals surface area (Å²) in [6.45, 7) is 4.66. The monoisotopic (exact) mass is 337 g/mol. The van der Waals surface area contributed by atoms with Crippen LogP contribution in [0.2, 0.25) is 0 Å². The summed E-state index contributed by atoms with van der Waals surface area (Å²) in [4.78, 5) is 12.7. The van der Waals surface area contributed by atoms with E-state index in [-0.39, 0.29) is 10.9 Å². The van der Waals surface area contributed by atoms with Crippen LogP contribution in [0.15, 0.2) is 0 Å².